The smallest absolute Gasteiger partial charge is 0.256 e. The standard InChI is InChI=1S/C24H24N4O2/c1-14-9-16(3)23-20(10-14)15(2)11-21(25-23)28-22(12-17(4)27-28)26-24(29)18-7-6-8-19(13-18)30-5/h6-13H,1-5H3,(H,26,29). The van der Waals surface area contributed by atoms with E-state index in [1.165, 1.54) is 5.56 Å². The molecule has 1 amide bonds. The molecule has 0 atom stereocenters. The Morgan fingerprint density at radius 3 is 2.57 bits per heavy atom. The summed E-state index contributed by atoms with van der Waals surface area (Å²) < 4.78 is 6.90. The number of pyridine rings is 1. The molecule has 0 aliphatic carbocycles. The summed E-state index contributed by atoms with van der Waals surface area (Å²) in [5.41, 5.74) is 5.67. The van der Waals surface area contributed by atoms with E-state index in [0.29, 0.717) is 22.9 Å². The van der Waals surface area contributed by atoms with Gasteiger partial charge in [0.25, 0.3) is 5.91 Å². The number of methoxy groups -OCH3 is 1. The van der Waals surface area contributed by atoms with Gasteiger partial charge in [0.05, 0.1) is 18.3 Å². The van der Waals surface area contributed by atoms with Gasteiger partial charge in [0.15, 0.2) is 5.82 Å². The first-order valence-corrected chi connectivity index (χ1v) is 9.77. The molecule has 0 aliphatic heterocycles. The van der Waals surface area contributed by atoms with Crippen LogP contribution in [0.4, 0.5) is 5.82 Å². The second kappa shape index (κ2) is 7.63. The van der Waals surface area contributed by atoms with Crippen LogP contribution >= 0.6 is 0 Å². The van der Waals surface area contributed by atoms with E-state index in [-0.39, 0.29) is 5.91 Å². The van der Waals surface area contributed by atoms with Crippen molar-refractivity contribution in [2.45, 2.75) is 27.7 Å². The molecule has 0 spiro atoms. The zero-order chi connectivity index (χ0) is 21.4. The number of benzene rings is 2. The molecule has 4 aromatic rings. The molecule has 0 radical (unpaired) electrons. The maximum atomic E-state index is 12.8. The number of carbonyl (C=O) groups is 1. The van der Waals surface area contributed by atoms with Crippen LogP contribution in [-0.4, -0.2) is 27.8 Å². The third kappa shape index (κ3) is 3.64. The van der Waals surface area contributed by atoms with E-state index in [1.807, 2.05) is 19.1 Å². The number of hydrogen-bond acceptors (Lipinski definition) is 4. The van der Waals surface area contributed by atoms with Gasteiger partial charge >= 0.3 is 0 Å². The number of carbonyl (C=O) groups excluding carboxylic acids is 1. The fourth-order valence-corrected chi connectivity index (χ4v) is 3.65. The Morgan fingerprint density at radius 1 is 1.00 bits per heavy atom. The maximum Gasteiger partial charge on any atom is 0.256 e. The molecule has 4 rings (SSSR count). The van der Waals surface area contributed by atoms with Crippen LogP contribution in [-0.2, 0) is 0 Å². The van der Waals surface area contributed by atoms with Gasteiger partial charge < -0.3 is 10.1 Å². The van der Waals surface area contributed by atoms with Crippen molar-refractivity contribution in [3.05, 3.63) is 76.5 Å². The Bertz CT molecular complexity index is 1270. The molecule has 2 aromatic heterocycles. The predicted molar refractivity (Wildman–Crippen MR) is 119 cm³/mol. The van der Waals surface area contributed by atoms with Crippen LogP contribution in [0.3, 0.4) is 0 Å². The highest BCUT2D eigenvalue weighted by Gasteiger charge is 2.15. The summed E-state index contributed by atoms with van der Waals surface area (Å²) in [5.74, 6) is 1.63. The zero-order valence-electron chi connectivity index (χ0n) is 17.8. The Balaban J connectivity index is 1.76. The van der Waals surface area contributed by atoms with Crippen LogP contribution in [0.25, 0.3) is 16.7 Å². The second-order valence-electron chi connectivity index (χ2n) is 7.54. The van der Waals surface area contributed by atoms with Crippen molar-refractivity contribution in [2.75, 3.05) is 12.4 Å². The molecule has 0 unspecified atom stereocenters. The summed E-state index contributed by atoms with van der Waals surface area (Å²) in [4.78, 5) is 17.7. The van der Waals surface area contributed by atoms with Crippen LogP contribution in [0.2, 0.25) is 0 Å². The summed E-state index contributed by atoms with van der Waals surface area (Å²) in [6, 6.07) is 15.1. The molecule has 0 bridgehead atoms. The van der Waals surface area contributed by atoms with Crippen molar-refractivity contribution in [1.82, 2.24) is 14.8 Å². The van der Waals surface area contributed by atoms with Crippen molar-refractivity contribution in [2.24, 2.45) is 0 Å². The van der Waals surface area contributed by atoms with Gasteiger partial charge in [0.1, 0.15) is 11.6 Å². The lowest BCUT2D eigenvalue weighted by Gasteiger charge is -2.12. The number of rotatable bonds is 4. The van der Waals surface area contributed by atoms with E-state index in [0.717, 1.165) is 27.7 Å². The second-order valence-corrected chi connectivity index (χ2v) is 7.54. The van der Waals surface area contributed by atoms with Gasteiger partial charge in [0, 0.05) is 17.0 Å². The van der Waals surface area contributed by atoms with E-state index < -0.39 is 0 Å². The highest BCUT2D eigenvalue weighted by atomic mass is 16.5. The van der Waals surface area contributed by atoms with Crippen molar-refractivity contribution < 1.29 is 9.53 Å². The number of aromatic nitrogens is 3. The van der Waals surface area contributed by atoms with Crippen LogP contribution in [0.5, 0.6) is 5.75 Å². The van der Waals surface area contributed by atoms with Crippen molar-refractivity contribution in [3.8, 4) is 11.6 Å². The number of nitrogens with one attached hydrogen (secondary N) is 1. The summed E-state index contributed by atoms with van der Waals surface area (Å²) in [7, 11) is 1.58. The molecular formula is C24H24N4O2. The van der Waals surface area contributed by atoms with E-state index in [4.69, 9.17) is 9.72 Å². The minimum Gasteiger partial charge on any atom is -0.497 e. The molecule has 0 saturated heterocycles. The monoisotopic (exact) mass is 400 g/mol. The summed E-state index contributed by atoms with van der Waals surface area (Å²) in [6.45, 7) is 8.10. The maximum absolute atomic E-state index is 12.8. The third-order valence-corrected chi connectivity index (χ3v) is 5.06. The number of hydrogen-bond donors (Lipinski definition) is 1. The van der Waals surface area contributed by atoms with Gasteiger partial charge in [-0.05, 0) is 69.2 Å². The normalized spacial score (nSPS) is 11.0. The number of aryl methyl sites for hydroxylation is 4. The van der Waals surface area contributed by atoms with Gasteiger partial charge in [0.2, 0.25) is 0 Å². The molecule has 0 aliphatic rings. The molecule has 2 heterocycles. The number of ether oxygens (including phenoxy) is 1. The molecular weight excluding hydrogens is 376 g/mol. The number of amides is 1. The molecule has 6 nitrogen and oxygen atoms in total. The molecule has 0 fully saturated rings. The van der Waals surface area contributed by atoms with Crippen molar-refractivity contribution in [3.63, 3.8) is 0 Å². The third-order valence-electron chi connectivity index (χ3n) is 5.06. The lowest BCUT2D eigenvalue weighted by molar-refractivity contribution is 0.102. The molecule has 30 heavy (non-hydrogen) atoms. The lowest BCUT2D eigenvalue weighted by atomic mass is 10.0. The number of fused-ring (bicyclic) bond motifs is 1. The first-order chi connectivity index (χ1) is 14.4. The Hall–Kier alpha value is -3.67. The Morgan fingerprint density at radius 2 is 1.80 bits per heavy atom. The highest BCUT2D eigenvalue weighted by molar-refractivity contribution is 6.04. The van der Waals surface area contributed by atoms with Crippen molar-refractivity contribution in [1.29, 1.82) is 0 Å². The van der Waals surface area contributed by atoms with Crippen LogP contribution in [0, 0.1) is 27.7 Å². The van der Waals surface area contributed by atoms with Crippen LogP contribution < -0.4 is 10.1 Å². The van der Waals surface area contributed by atoms with Gasteiger partial charge in [-0.1, -0.05) is 17.7 Å². The van der Waals surface area contributed by atoms with Crippen LogP contribution in [0.15, 0.2) is 48.5 Å². The highest BCUT2D eigenvalue weighted by Crippen LogP contribution is 2.26. The van der Waals surface area contributed by atoms with Crippen molar-refractivity contribution >= 4 is 22.6 Å². The van der Waals surface area contributed by atoms with Crippen LogP contribution in [0.1, 0.15) is 32.7 Å². The molecule has 152 valence electrons. The molecule has 1 N–H and O–H groups in total. The average molecular weight is 400 g/mol. The minimum atomic E-state index is -0.237. The van der Waals surface area contributed by atoms with Gasteiger partial charge in [-0.2, -0.15) is 9.78 Å². The van der Waals surface area contributed by atoms with Gasteiger partial charge in [-0.25, -0.2) is 4.98 Å². The topological polar surface area (TPSA) is 69.0 Å². The SMILES string of the molecule is COc1cccc(C(=O)Nc2cc(C)nn2-c2cc(C)c3cc(C)cc(C)c3n2)c1. The van der Waals surface area contributed by atoms with E-state index in [2.05, 4.69) is 43.3 Å². The number of anilines is 1. The van der Waals surface area contributed by atoms with Gasteiger partial charge in [-0.3, -0.25) is 4.79 Å². The first kappa shape index (κ1) is 19.6. The Labute approximate surface area is 175 Å². The van der Waals surface area contributed by atoms with Gasteiger partial charge in [-0.15, -0.1) is 0 Å². The summed E-state index contributed by atoms with van der Waals surface area (Å²) in [6.07, 6.45) is 0. The minimum absolute atomic E-state index is 0.237. The fraction of sp³-hybridized carbons (Fsp3) is 0.208. The van der Waals surface area contributed by atoms with E-state index in [9.17, 15) is 4.79 Å². The first-order valence-electron chi connectivity index (χ1n) is 9.77. The average Bonchev–Trinajstić information content (AvgIpc) is 3.08. The molecule has 0 saturated carbocycles. The largest absolute Gasteiger partial charge is 0.497 e. The zero-order valence-corrected chi connectivity index (χ0v) is 17.8. The quantitative estimate of drug-likeness (QED) is 0.528. The summed E-state index contributed by atoms with van der Waals surface area (Å²) in [5, 5.41) is 8.65. The predicted octanol–water partition coefficient (Wildman–Crippen LogP) is 4.92. The van der Waals surface area contributed by atoms with E-state index >= 15 is 0 Å². The van der Waals surface area contributed by atoms with E-state index in [1.54, 1.807) is 36.1 Å². The Kier molecular flexibility index (Phi) is 4.99. The molecule has 6 heteroatoms. The summed E-state index contributed by atoms with van der Waals surface area (Å²) >= 11 is 0. The fourth-order valence-electron chi connectivity index (χ4n) is 3.65. The lowest BCUT2D eigenvalue weighted by Crippen LogP contribution is -2.15. The number of nitrogens with zero attached hydrogens (tertiary/aromatic N) is 3. The molecule has 2 aromatic carbocycles.